The van der Waals surface area contributed by atoms with E-state index in [-0.39, 0.29) is 6.04 Å². The number of aromatic nitrogens is 1. The monoisotopic (exact) mass is 157 g/mol. The largest absolute Gasteiger partial charge is 0.329 e. The van der Waals surface area contributed by atoms with Crippen LogP contribution < -0.4 is 11.5 Å². The summed E-state index contributed by atoms with van der Waals surface area (Å²) in [6.45, 7) is 2.44. The van der Waals surface area contributed by atoms with Crippen LogP contribution in [0.1, 0.15) is 15.9 Å². The normalized spacial score (nSPS) is 13.5. The van der Waals surface area contributed by atoms with Gasteiger partial charge in [0.2, 0.25) is 0 Å². The molecule has 0 spiro atoms. The molecule has 4 heteroatoms. The lowest BCUT2D eigenvalue weighted by Crippen LogP contribution is -2.19. The molecule has 1 rings (SSSR count). The van der Waals surface area contributed by atoms with Crippen molar-refractivity contribution in [2.24, 2.45) is 11.5 Å². The molecule has 0 amide bonds. The molecule has 0 aliphatic heterocycles. The summed E-state index contributed by atoms with van der Waals surface area (Å²) >= 11 is 1.60. The van der Waals surface area contributed by atoms with Crippen LogP contribution in [0.4, 0.5) is 0 Å². The van der Waals surface area contributed by atoms with E-state index in [4.69, 9.17) is 11.5 Å². The summed E-state index contributed by atoms with van der Waals surface area (Å²) in [5, 5.41) is 1.04. The van der Waals surface area contributed by atoms with Gasteiger partial charge in [0.15, 0.2) is 0 Å². The van der Waals surface area contributed by atoms with Crippen LogP contribution in [0.15, 0.2) is 6.20 Å². The second-order valence-electron chi connectivity index (χ2n) is 2.12. The van der Waals surface area contributed by atoms with Crippen LogP contribution in [0.5, 0.6) is 0 Å². The standard InChI is InChI=1S/C6H11N3S/c1-4-9-3-6(10-4)5(8)2-7/h3,5H,2,7-8H2,1H3. The van der Waals surface area contributed by atoms with Gasteiger partial charge in [0.25, 0.3) is 0 Å². The summed E-state index contributed by atoms with van der Waals surface area (Å²) in [4.78, 5) is 5.14. The van der Waals surface area contributed by atoms with Crippen molar-refractivity contribution in [1.82, 2.24) is 4.98 Å². The molecule has 1 aromatic heterocycles. The highest BCUT2D eigenvalue weighted by Gasteiger charge is 2.05. The third-order valence-corrected chi connectivity index (χ3v) is 2.30. The molecule has 56 valence electrons. The summed E-state index contributed by atoms with van der Waals surface area (Å²) in [5.41, 5.74) is 11.0. The number of nitrogens with two attached hydrogens (primary N) is 2. The molecule has 1 unspecified atom stereocenters. The van der Waals surface area contributed by atoms with E-state index >= 15 is 0 Å². The molecule has 10 heavy (non-hydrogen) atoms. The Labute approximate surface area is 64.1 Å². The van der Waals surface area contributed by atoms with E-state index in [1.165, 1.54) is 0 Å². The van der Waals surface area contributed by atoms with Crippen LogP contribution in [0, 0.1) is 6.92 Å². The Morgan fingerprint density at radius 3 is 2.90 bits per heavy atom. The van der Waals surface area contributed by atoms with Crippen LogP contribution in [-0.4, -0.2) is 11.5 Å². The topological polar surface area (TPSA) is 64.9 Å². The average molecular weight is 157 g/mol. The van der Waals surface area contributed by atoms with Gasteiger partial charge in [-0.15, -0.1) is 11.3 Å². The van der Waals surface area contributed by atoms with Gasteiger partial charge in [0.1, 0.15) is 0 Å². The average Bonchev–Trinajstić information content (AvgIpc) is 2.34. The van der Waals surface area contributed by atoms with E-state index in [0.717, 1.165) is 9.88 Å². The zero-order chi connectivity index (χ0) is 7.56. The smallest absolute Gasteiger partial charge is 0.0897 e. The SMILES string of the molecule is Cc1ncc(C(N)CN)s1. The zero-order valence-electron chi connectivity index (χ0n) is 5.87. The second kappa shape index (κ2) is 3.09. The summed E-state index contributed by atoms with van der Waals surface area (Å²) < 4.78 is 0. The zero-order valence-corrected chi connectivity index (χ0v) is 6.69. The maximum absolute atomic E-state index is 5.65. The molecule has 3 nitrogen and oxygen atoms in total. The van der Waals surface area contributed by atoms with E-state index in [2.05, 4.69) is 4.98 Å². The first kappa shape index (κ1) is 7.65. The Balaban J connectivity index is 2.74. The Kier molecular flexibility index (Phi) is 2.37. The summed E-state index contributed by atoms with van der Waals surface area (Å²) in [7, 11) is 0. The fourth-order valence-corrected chi connectivity index (χ4v) is 1.46. The van der Waals surface area contributed by atoms with Crippen molar-refractivity contribution < 1.29 is 0 Å². The van der Waals surface area contributed by atoms with E-state index in [1.807, 2.05) is 6.92 Å². The molecule has 0 aliphatic carbocycles. The van der Waals surface area contributed by atoms with Crippen LogP contribution in [0.2, 0.25) is 0 Å². The molecule has 0 fully saturated rings. The minimum absolute atomic E-state index is 0.0359. The lowest BCUT2D eigenvalue weighted by Gasteiger charge is -2.02. The van der Waals surface area contributed by atoms with Crippen molar-refractivity contribution in [1.29, 1.82) is 0 Å². The molecule has 0 saturated heterocycles. The van der Waals surface area contributed by atoms with Gasteiger partial charge >= 0.3 is 0 Å². The highest BCUT2D eigenvalue weighted by Crippen LogP contribution is 2.16. The predicted molar refractivity (Wildman–Crippen MR) is 42.8 cm³/mol. The fraction of sp³-hybridized carbons (Fsp3) is 0.500. The number of aryl methyl sites for hydroxylation is 1. The number of hydrogen-bond acceptors (Lipinski definition) is 4. The maximum atomic E-state index is 5.65. The summed E-state index contributed by atoms with van der Waals surface area (Å²) in [5.74, 6) is 0. The van der Waals surface area contributed by atoms with Crippen LogP contribution in [-0.2, 0) is 0 Å². The lowest BCUT2D eigenvalue weighted by molar-refractivity contribution is 0.750. The Morgan fingerprint density at radius 2 is 2.50 bits per heavy atom. The van der Waals surface area contributed by atoms with Crippen molar-refractivity contribution in [3.05, 3.63) is 16.1 Å². The molecule has 0 aromatic carbocycles. The molecular weight excluding hydrogens is 146 g/mol. The quantitative estimate of drug-likeness (QED) is 0.653. The van der Waals surface area contributed by atoms with Crippen molar-refractivity contribution in [3.63, 3.8) is 0 Å². The van der Waals surface area contributed by atoms with Crippen molar-refractivity contribution >= 4 is 11.3 Å². The van der Waals surface area contributed by atoms with Gasteiger partial charge in [-0.3, -0.25) is 0 Å². The Bertz CT molecular complexity index is 209. The molecule has 1 heterocycles. The van der Waals surface area contributed by atoms with E-state index in [1.54, 1.807) is 17.5 Å². The van der Waals surface area contributed by atoms with E-state index in [9.17, 15) is 0 Å². The molecule has 0 bridgehead atoms. The first-order chi connectivity index (χ1) is 4.74. The van der Waals surface area contributed by atoms with Crippen LogP contribution in [0.3, 0.4) is 0 Å². The number of thiazole rings is 1. The minimum atomic E-state index is -0.0359. The summed E-state index contributed by atoms with van der Waals surface area (Å²) in [6, 6.07) is -0.0359. The first-order valence-corrected chi connectivity index (χ1v) is 3.93. The van der Waals surface area contributed by atoms with Crippen LogP contribution in [0.25, 0.3) is 0 Å². The molecule has 0 radical (unpaired) electrons. The number of hydrogen-bond donors (Lipinski definition) is 2. The Morgan fingerprint density at radius 1 is 1.80 bits per heavy atom. The van der Waals surface area contributed by atoms with E-state index < -0.39 is 0 Å². The summed E-state index contributed by atoms with van der Waals surface area (Å²) in [6.07, 6.45) is 1.79. The highest BCUT2D eigenvalue weighted by atomic mass is 32.1. The number of nitrogens with zero attached hydrogens (tertiary/aromatic N) is 1. The third-order valence-electron chi connectivity index (χ3n) is 1.26. The number of rotatable bonds is 2. The first-order valence-electron chi connectivity index (χ1n) is 3.12. The predicted octanol–water partition coefficient (Wildman–Crippen LogP) is 0.410. The maximum Gasteiger partial charge on any atom is 0.0897 e. The van der Waals surface area contributed by atoms with Crippen molar-refractivity contribution in [3.8, 4) is 0 Å². The van der Waals surface area contributed by atoms with Gasteiger partial charge in [-0.2, -0.15) is 0 Å². The van der Waals surface area contributed by atoms with Crippen LogP contribution >= 0.6 is 11.3 Å². The van der Waals surface area contributed by atoms with E-state index in [0.29, 0.717) is 6.54 Å². The van der Waals surface area contributed by atoms with Crippen molar-refractivity contribution in [2.45, 2.75) is 13.0 Å². The van der Waals surface area contributed by atoms with Gasteiger partial charge < -0.3 is 11.5 Å². The van der Waals surface area contributed by atoms with Gasteiger partial charge in [-0.05, 0) is 6.92 Å². The molecule has 0 aliphatic rings. The molecule has 4 N–H and O–H groups in total. The van der Waals surface area contributed by atoms with Gasteiger partial charge in [-0.25, -0.2) is 4.98 Å². The second-order valence-corrected chi connectivity index (χ2v) is 3.39. The molecule has 1 atom stereocenters. The van der Waals surface area contributed by atoms with Gasteiger partial charge in [-0.1, -0.05) is 0 Å². The molecule has 0 saturated carbocycles. The minimum Gasteiger partial charge on any atom is -0.329 e. The molecule has 1 aromatic rings. The van der Waals surface area contributed by atoms with Gasteiger partial charge in [0.05, 0.1) is 11.0 Å². The third kappa shape index (κ3) is 1.53. The molecular formula is C6H11N3S. The van der Waals surface area contributed by atoms with Crippen molar-refractivity contribution in [2.75, 3.05) is 6.54 Å². The fourth-order valence-electron chi connectivity index (χ4n) is 0.665. The van der Waals surface area contributed by atoms with Gasteiger partial charge in [0, 0.05) is 17.6 Å². The lowest BCUT2D eigenvalue weighted by atomic mass is 10.3. The highest BCUT2D eigenvalue weighted by molar-refractivity contribution is 7.11. The Hall–Kier alpha value is -0.450.